The van der Waals surface area contributed by atoms with Gasteiger partial charge in [0.1, 0.15) is 12.1 Å². The molecule has 0 spiro atoms. The number of benzene rings is 1. The lowest BCUT2D eigenvalue weighted by Crippen LogP contribution is -2.34. The molecule has 0 saturated carbocycles. The Morgan fingerprint density at radius 3 is 2.93 bits per heavy atom. The van der Waals surface area contributed by atoms with Gasteiger partial charge in [0.2, 0.25) is 0 Å². The summed E-state index contributed by atoms with van der Waals surface area (Å²) in [5.41, 5.74) is -0.145. The Morgan fingerprint density at radius 1 is 1.19 bits per heavy atom. The number of aromatic nitrogens is 4. The highest BCUT2D eigenvalue weighted by molar-refractivity contribution is 5.46. The summed E-state index contributed by atoms with van der Waals surface area (Å²) < 4.78 is 45.9. The van der Waals surface area contributed by atoms with Crippen LogP contribution in [0.25, 0.3) is 5.78 Å². The zero-order chi connectivity index (χ0) is 18.9. The van der Waals surface area contributed by atoms with E-state index in [1.165, 1.54) is 12.4 Å². The molecule has 0 N–H and O–H groups in total. The summed E-state index contributed by atoms with van der Waals surface area (Å²) in [6.07, 6.45) is 0.763. The quantitative estimate of drug-likeness (QED) is 0.683. The summed E-state index contributed by atoms with van der Waals surface area (Å²) >= 11 is 0. The third-order valence-corrected chi connectivity index (χ3v) is 4.67. The van der Waals surface area contributed by atoms with Crippen molar-refractivity contribution >= 4 is 11.6 Å². The topological polar surface area (TPSA) is 55.5 Å². The van der Waals surface area contributed by atoms with Crippen LogP contribution < -0.4 is 4.90 Å². The van der Waals surface area contributed by atoms with Crippen LogP contribution in [0.2, 0.25) is 0 Å². The Balaban J connectivity index is 1.42. The summed E-state index contributed by atoms with van der Waals surface area (Å²) in [5, 5.41) is 4.21. The molecule has 0 amide bonds. The van der Waals surface area contributed by atoms with Crippen LogP contribution in [0.15, 0.2) is 42.9 Å². The Hall–Kier alpha value is -2.68. The first-order chi connectivity index (χ1) is 13.0. The number of rotatable bonds is 5. The van der Waals surface area contributed by atoms with Gasteiger partial charge in [0.15, 0.2) is 0 Å². The van der Waals surface area contributed by atoms with E-state index in [2.05, 4.69) is 20.0 Å². The molecule has 0 unspecified atom stereocenters. The van der Waals surface area contributed by atoms with E-state index in [0.29, 0.717) is 17.9 Å². The van der Waals surface area contributed by atoms with Crippen molar-refractivity contribution in [3.8, 4) is 0 Å². The molecule has 1 aliphatic heterocycles. The molecule has 6 nitrogen and oxygen atoms in total. The van der Waals surface area contributed by atoms with Crippen LogP contribution in [0.4, 0.5) is 19.0 Å². The maximum atomic E-state index is 12.8. The minimum absolute atomic E-state index is 0.130. The predicted molar refractivity (Wildman–Crippen MR) is 92.3 cm³/mol. The molecule has 27 heavy (non-hydrogen) atoms. The van der Waals surface area contributed by atoms with Gasteiger partial charge in [0.05, 0.1) is 24.8 Å². The first kappa shape index (κ1) is 17.7. The zero-order valence-electron chi connectivity index (χ0n) is 14.4. The number of ether oxygens (including phenoxy) is 1. The molecule has 2 aromatic heterocycles. The van der Waals surface area contributed by atoms with E-state index < -0.39 is 11.7 Å². The fraction of sp³-hybridized carbons (Fsp3) is 0.389. The zero-order valence-corrected chi connectivity index (χ0v) is 14.4. The van der Waals surface area contributed by atoms with Gasteiger partial charge in [-0.05, 0) is 36.6 Å². The van der Waals surface area contributed by atoms with Crippen LogP contribution in [0.1, 0.15) is 24.0 Å². The number of anilines is 1. The predicted octanol–water partition coefficient (Wildman–Crippen LogP) is 3.33. The molecule has 1 aliphatic rings. The van der Waals surface area contributed by atoms with E-state index >= 15 is 0 Å². The molecule has 4 rings (SSSR count). The van der Waals surface area contributed by atoms with E-state index in [0.717, 1.165) is 37.3 Å². The number of alkyl halides is 3. The SMILES string of the molecule is FC(F)(F)c1cccc(COC[C@H]2CCCN2c2ccnc3ncnn23)c1. The van der Waals surface area contributed by atoms with Gasteiger partial charge in [-0.3, -0.25) is 0 Å². The van der Waals surface area contributed by atoms with Crippen molar-refractivity contribution in [2.75, 3.05) is 18.1 Å². The van der Waals surface area contributed by atoms with E-state index in [-0.39, 0.29) is 12.6 Å². The van der Waals surface area contributed by atoms with Gasteiger partial charge in [-0.15, -0.1) is 0 Å². The molecule has 1 fully saturated rings. The van der Waals surface area contributed by atoms with Crippen molar-refractivity contribution in [2.45, 2.75) is 31.7 Å². The minimum Gasteiger partial charge on any atom is -0.375 e. The highest BCUT2D eigenvalue weighted by atomic mass is 19.4. The number of fused-ring (bicyclic) bond motifs is 1. The average molecular weight is 377 g/mol. The summed E-state index contributed by atoms with van der Waals surface area (Å²) in [6.45, 7) is 1.43. The second kappa shape index (κ2) is 7.15. The second-order valence-electron chi connectivity index (χ2n) is 6.48. The lowest BCUT2D eigenvalue weighted by Gasteiger charge is -2.26. The summed E-state index contributed by atoms with van der Waals surface area (Å²) in [5.74, 6) is 1.42. The summed E-state index contributed by atoms with van der Waals surface area (Å²) in [4.78, 5) is 10.5. The standard InChI is InChI=1S/C18H18F3N5O/c19-18(20,21)14-4-1-3-13(9-14)10-27-11-15-5-2-8-25(15)16-6-7-22-17-23-12-24-26(16)17/h1,3-4,6-7,9,12,15H,2,5,8,10-11H2/t15-/m1/s1. The molecular weight excluding hydrogens is 359 g/mol. The third kappa shape index (κ3) is 3.73. The molecule has 0 aliphatic carbocycles. The van der Waals surface area contributed by atoms with E-state index in [1.54, 1.807) is 16.8 Å². The normalized spacial score (nSPS) is 17.7. The van der Waals surface area contributed by atoms with Crippen LogP contribution >= 0.6 is 0 Å². The maximum Gasteiger partial charge on any atom is 0.416 e. The highest BCUT2D eigenvalue weighted by Crippen LogP contribution is 2.30. The highest BCUT2D eigenvalue weighted by Gasteiger charge is 2.30. The van der Waals surface area contributed by atoms with Gasteiger partial charge >= 0.3 is 6.18 Å². The van der Waals surface area contributed by atoms with Gasteiger partial charge in [0, 0.05) is 12.7 Å². The molecule has 1 aromatic carbocycles. The molecule has 142 valence electrons. The number of halogens is 3. The van der Waals surface area contributed by atoms with Crippen LogP contribution in [-0.4, -0.2) is 38.8 Å². The average Bonchev–Trinajstić information content (AvgIpc) is 3.30. The first-order valence-electron chi connectivity index (χ1n) is 8.67. The molecule has 9 heteroatoms. The van der Waals surface area contributed by atoms with Crippen LogP contribution in [0.5, 0.6) is 0 Å². The van der Waals surface area contributed by atoms with Crippen molar-refractivity contribution in [2.24, 2.45) is 0 Å². The van der Waals surface area contributed by atoms with Gasteiger partial charge in [-0.2, -0.15) is 27.8 Å². The summed E-state index contributed by atoms with van der Waals surface area (Å²) in [6, 6.07) is 7.26. The van der Waals surface area contributed by atoms with Crippen molar-refractivity contribution in [1.29, 1.82) is 0 Å². The fourth-order valence-corrected chi connectivity index (χ4v) is 3.40. The van der Waals surface area contributed by atoms with Crippen LogP contribution in [-0.2, 0) is 17.5 Å². The van der Waals surface area contributed by atoms with Crippen LogP contribution in [0.3, 0.4) is 0 Å². The van der Waals surface area contributed by atoms with Crippen LogP contribution in [0, 0.1) is 0 Å². The van der Waals surface area contributed by atoms with Crippen molar-refractivity contribution in [3.05, 3.63) is 54.0 Å². The van der Waals surface area contributed by atoms with Gasteiger partial charge < -0.3 is 9.64 Å². The third-order valence-electron chi connectivity index (χ3n) is 4.67. The molecule has 3 aromatic rings. The first-order valence-corrected chi connectivity index (χ1v) is 8.67. The minimum atomic E-state index is -4.34. The smallest absolute Gasteiger partial charge is 0.375 e. The Morgan fingerprint density at radius 2 is 2.07 bits per heavy atom. The van der Waals surface area contributed by atoms with Gasteiger partial charge in [-0.1, -0.05) is 12.1 Å². The number of hydrogen-bond donors (Lipinski definition) is 0. The molecular formula is C18H18F3N5O. The molecule has 1 saturated heterocycles. The van der Waals surface area contributed by atoms with Crippen molar-refractivity contribution in [1.82, 2.24) is 19.6 Å². The largest absolute Gasteiger partial charge is 0.416 e. The molecule has 3 heterocycles. The molecule has 0 radical (unpaired) electrons. The number of hydrogen-bond acceptors (Lipinski definition) is 5. The van der Waals surface area contributed by atoms with Gasteiger partial charge in [-0.25, -0.2) is 4.98 Å². The van der Waals surface area contributed by atoms with Crippen molar-refractivity contribution in [3.63, 3.8) is 0 Å². The molecule has 1 atom stereocenters. The van der Waals surface area contributed by atoms with E-state index in [4.69, 9.17) is 4.74 Å². The lowest BCUT2D eigenvalue weighted by atomic mass is 10.1. The van der Waals surface area contributed by atoms with E-state index in [1.807, 2.05) is 6.07 Å². The van der Waals surface area contributed by atoms with E-state index in [9.17, 15) is 13.2 Å². The Labute approximate surface area is 153 Å². The fourth-order valence-electron chi connectivity index (χ4n) is 3.40. The monoisotopic (exact) mass is 377 g/mol. The number of nitrogens with zero attached hydrogens (tertiary/aromatic N) is 5. The van der Waals surface area contributed by atoms with Crippen molar-refractivity contribution < 1.29 is 17.9 Å². The summed E-state index contributed by atoms with van der Waals surface area (Å²) in [7, 11) is 0. The van der Waals surface area contributed by atoms with Gasteiger partial charge in [0.25, 0.3) is 5.78 Å². The lowest BCUT2D eigenvalue weighted by molar-refractivity contribution is -0.137. The second-order valence-corrected chi connectivity index (χ2v) is 6.48. The maximum absolute atomic E-state index is 12.8. The molecule has 0 bridgehead atoms. The Bertz CT molecular complexity index is 927. The Kier molecular flexibility index (Phi) is 4.69.